The molecule has 1 unspecified atom stereocenters. The summed E-state index contributed by atoms with van der Waals surface area (Å²) in [6.07, 6.45) is 3.63. The van der Waals surface area contributed by atoms with Crippen LogP contribution in [-0.4, -0.2) is 35.3 Å². The Morgan fingerprint density at radius 1 is 1.64 bits per heavy atom. The first-order valence-corrected chi connectivity index (χ1v) is 4.66. The third-order valence-electron chi connectivity index (χ3n) is 1.99. The molecule has 0 radical (unpaired) electrons. The van der Waals surface area contributed by atoms with Gasteiger partial charge in [-0.1, -0.05) is 0 Å². The lowest BCUT2D eigenvalue weighted by Gasteiger charge is -2.11. The van der Waals surface area contributed by atoms with Gasteiger partial charge in [0, 0.05) is 26.0 Å². The van der Waals surface area contributed by atoms with Crippen LogP contribution in [0.4, 0.5) is 0 Å². The first-order valence-electron chi connectivity index (χ1n) is 4.66. The predicted octanol–water partition coefficient (Wildman–Crippen LogP) is -0.393. The Morgan fingerprint density at radius 3 is 3.00 bits per heavy atom. The van der Waals surface area contributed by atoms with Gasteiger partial charge in [-0.15, -0.1) is 0 Å². The summed E-state index contributed by atoms with van der Waals surface area (Å²) in [6, 6.07) is 1.72. The molecule has 0 bridgehead atoms. The Balaban J connectivity index is 2.18. The number of aromatic nitrogens is 2. The minimum Gasteiger partial charge on any atom is -0.358 e. The Kier molecular flexibility index (Phi) is 4.12. The zero-order valence-electron chi connectivity index (χ0n) is 8.53. The summed E-state index contributed by atoms with van der Waals surface area (Å²) in [5.74, 6) is 0.00506. The number of rotatable bonds is 5. The Bertz CT molecular complexity index is 270. The summed E-state index contributed by atoms with van der Waals surface area (Å²) in [7, 11) is 1.63. The van der Waals surface area contributed by atoms with Crippen LogP contribution in [0.15, 0.2) is 18.5 Å². The molecule has 5 heteroatoms. The summed E-state index contributed by atoms with van der Waals surface area (Å²) in [5.41, 5.74) is 0. The third-order valence-corrected chi connectivity index (χ3v) is 1.99. The van der Waals surface area contributed by atoms with Crippen LogP contribution in [0.3, 0.4) is 0 Å². The van der Waals surface area contributed by atoms with Gasteiger partial charge in [-0.2, -0.15) is 5.10 Å². The highest BCUT2D eigenvalue weighted by atomic mass is 16.2. The van der Waals surface area contributed by atoms with E-state index < -0.39 is 0 Å². The lowest BCUT2D eigenvalue weighted by atomic mass is 10.3. The van der Waals surface area contributed by atoms with Crippen LogP contribution in [0.5, 0.6) is 0 Å². The van der Waals surface area contributed by atoms with Gasteiger partial charge in [0.05, 0.1) is 12.6 Å². The molecule has 14 heavy (non-hydrogen) atoms. The normalized spacial score (nSPS) is 12.4. The van der Waals surface area contributed by atoms with Gasteiger partial charge in [0.1, 0.15) is 0 Å². The molecule has 1 aromatic rings. The molecule has 0 fully saturated rings. The van der Waals surface area contributed by atoms with Crippen LogP contribution < -0.4 is 10.6 Å². The molecule has 0 saturated carbocycles. The minimum absolute atomic E-state index is 0.00506. The number of carbonyl (C=O) groups is 1. The van der Waals surface area contributed by atoms with Gasteiger partial charge >= 0.3 is 0 Å². The van der Waals surface area contributed by atoms with Crippen molar-refractivity contribution in [3.63, 3.8) is 0 Å². The number of nitrogens with zero attached hydrogens (tertiary/aromatic N) is 2. The SMILES string of the molecule is CNC(=O)C(C)NCCn1cccn1. The van der Waals surface area contributed by atoms with Crippen molar-refractivity contribution in [3.05, 3.63) is 18.5 Å². The van der Waals surface area contributed by atoms with Gasteiger partial charge in [-0.25, -0.2) is 0 Å². The maximum Gasteiger partial charge on any atom is 0.236 e. The Morgan fingerprint density at radius 2 is 2.43 bits per heavy atom. The van der Waals surface area contributed by atoms with Gasteiger partial charge < -0.3 is 10.6 Å². The lowest BCUT2D eigenvalue weighted by Crippen LogP contribution is -2.41. The minimum atomic E-state index is -0.157. The van der Waals surface area contributed by atoms with Crippen LogP contribution in [0, 0.1) is 0 Å². The molecule has 1 heterocycles. The maximum atomic E-state index is 11.1. The monoisotopic (exact) mass is 196 g/mol. The van der Waals surface area contributed by atoms with E-state index in [0.29, 0.717) is 0 Å². The molecule has 0 aliphatic rings. The summed E-state index contributed by atoms with van der Waals surface area (Å²) in [5, 5.41) is 9.74. The van der Waals surface area contributed by atoms with E-state index in [1.807, 2.05) is 23.9 Å². The number of hydrogen-bond donors (Lipinski definition) is 2. The number of likely N-dealkylation sites (N-methyl/N-ethyl adjacent to an activating group) is 1. The van der Waals surface area contributed by atoms with Crippen molar-refractivity contribution in [1.29, 1.82) is 0 Å². The quantitative estimate of drug-likeness (QED) is 0.674. The Labute approximate surface area is 83.5 Å². The van der Waals surface area contributed by atoms with Crippen molar-refractivity contribution in [2.24, 2.45) is 0 Å². The van der Waals surface area contributed by atoms with E-state index in [-0.39, 0.29) is 11.9 Å². The van der Waals surface area contributed by atoms with Crippen molar-refractivity contribution in [2.75, 3.05) is 13.6 Å². The molecule has 1 atom stereocenters. The fraction of sp³-hybridized carbons (Fsp3) is 0.556. The van der Waals surface area contributed by atoms with Gasteiger partial charge in [-0.3, -0.25) is 9.48 Å². The molecule has 0 aliphatic carbocycles. The molecule has 0 aliphatic heterocycles. The van der Waals surface area contributed by atoms with E-state index in [4.69, 9.17) is 0 Å². The highest BCUT2D eigenvalue weighted by Crippen LogP contribution is 1.85. The number of nitrogens with one attached hydrogen (secondary N) is 2. The fourth-order valence-electron chi connectivity index (χ4n) is 1.14. The summed E-state index contributed by atoms with van der Waals surface area (Å²) < 4.78 is 1.82. The molecular weight excluding hydrogens is 180 g/mol. The second-order valence-electron chi connectivity index (χ2n) is 3.06. The molecule has 1 aromatic heterocycles. The molecule has 0 saturated heterocycles. The van der Waals surface area contributed by atoms with Gasteiger partial charge in [0.25, 0.3) is 0 Å². The van der Waals surface area contributed by atoms with Gasteiger partial charge in [0.15, 0.2) is 0 Å². The summed E-state index contributed by atoms with van der Waals surface area (Å²) in [4.78, 5) is 11.1. The highest BCUT2D eigenvalue weighted by molar-refractivity contribution is 5.80. The van der Waals surface area contributed by atoms with Crippen molar-refractivity contribution >= 4 is 5.91 Å². The molecule has 0 spiro atoms. The smallest absolute Gasteiger partial charge is 0.236 e. The number of amides is 1. The summed E-state index contributed by atoms with van der Waals surface area (Å²) >= 11 is 0. The Hall–Kier alpha value is -1.36. The molecular formula is C9H16N4O. The molecule has 2 N–H and O–H groups in total. The van der Waals surface area contributed by atoms with E-state index in [1.54, 1.807) is 13.2 Å². The molecule has 1 amide bonds. The molecule has 1 rings (SSSR count). The van der Waals surface area contributed by atoms with Crippen LogP contribution in [0.25, 0.3) is 0 Å². The van der Waals surface area contributed by atoms with E-state index in [1.165, 1.54) is 0 Å². The number of hydrogen-bond acceptors (Lipinski definition) is 3. The second kappa shape index (κ2) is 5.39. The predicted molar refractivity (Wildman–Crippen MR) is 53.8 cm³/mol. The van der Waals surface area contributed by atoms with Crippen molar-refractivity contribution in [2.45, 2.75) is 19.5 Å². The molecule has 0 aromatic carbocycles. The second-order valence-corrected chi connectivity index (χ2v) is 3.06. The van der Waals surface area contributed by atoms with Gasteiger partial charge in [0.2, 0.25) is 5.91 Å². The van der Waals surface area contributed by atoms with Crippen molar-refractivity contribution < 1.29 is 4.79 Å². The lowest BCUT2D eigenvalue weighted by molar-refractivity contribution is -0.122. The first kappa shape index (κ1) is 10.7. The van der Waals surface area contributed by atoms with Crippen LogP contribution >= 0.6 is 0 Å². The van der Waals surface area contributed by atoms with Crippen LogP contribution in [0.1, 0.15) is 6.92 Å². The molecule has 78 valence electrons. The molecule has 5 nitrogen and oxygen atoms in total. The number of carbonyl (C=O) groups excluding carboxylic acids is 1. The average molecular weight is 196 g/mol. The zero-order valence-corrected chi connectivity index (χ0v) is 8.53. The average Bonchev–Trinajstić information content (AvgIpc) is 2.69. The van der Waals surface area contributed by atoms with Crippen molar-refractivity contribution in [3.8, 4) is 0 Å². The standard InChI is InChI=1S/C9H16N4O/c1-8(9(14)10-2)11-5-7-13-6-3-4-12-13/h3-4,6,8,11H,5,7H2,1-2H3,(H,10,14). The largest absolute Gasteiger partial charge is 0.358 e. The highest BCUT2D eigenvalue weighted by Gasteiger charge is 2.08. The topological polar surface area (TPSA) is 59.0 Å². The third kappa shape index (κ3) is 3.18. The van der Waals surface area contributed by atoms with Gasteiger partial charge in [-0.05, 0) is 13.0 Å². The first-order chi connectivity index (χ1) is 6.74. The van der Waals surface area contributed by atoms with E-state index in [9.17, 15) is 4.79 Å². The fourth-order valence-corrected chi connectivity index (χ4v) is 1.14. The van der Waals surface area contributed by atoms with E-state index >= 15 is 0 Å². The van der Waals surface area contributed by atoms with Crippen LogP contribution in [-0.2, 0) is 11.3 Å². The van der Waals surface area contributed by atoms with Crippen molar-refractivity contribution in [1.82, 2.24) is 20.4 Å². The summed E-state index contributed by atoms with van der Waals surface area (Å²) in [6.45, 7) is 3.34. The van der Waals surface area contributed by atoms with E-state index in [0.717, 1.165) is 13.1 Å². The maximum absolute atomic E-state index is 11.1. The van der Waals surface area contributed by atoms with Crippen LogP contribution in [0.2, 0.25) is 0 Å². The van der Waals surface area contributed by atoms with E-state index in [2.05, 4.69) is 15.7 Å². The zero-order chi connectivity index (χ0) is 10.4.